The molecule has 4 nitrogen and oxygen atoms in total. The van der Waals surface area contributed by atoms with E-state index in [0.717, 1.165) is 31.8 Å². The normalized spacial score (nSPS) is 18.6. The Morgan fingerprint density at radius 2 is 1.83 bits per heavy atom. The molecule has 1 atom stereocenters. The average Bonchev–Trinajstić information content (AvgIpc) is 2.63. The van der Waals surface area contributed by atoms with Crippen LogP contribution in [0.3, 0.4) is 0 Å². The van der Waals surface area contributed by atoms with Gasteiger partial charge in [-0.05, 0) is 49.9 Å². The number of aromatic nitrogens is 2. The van der Waals surface area contributed by atoms with E-state index in [1.807, 2.05) is 24.5 Å². The van der Waals surface area contributed by atoms with Crippen LogP contribution >= 0.6 is 0 Å². The minimum absolute atomic E-state index is 0.341. The zero-order valence-electron chi connectivity index (χ0n) is 14.5. The molecule has 1 saturated heterocycles. The molecule has 1 aromatic heterocycles. The van der Waals surface area contributed by atoms with Crippen molar-refractivity contribution in [1.82, 2.24) is 14.9 Å². The first-order chi connectivity index (χ1) is 11.7. The number of nitrogens with zero attached hydrogens (tertiary/aromatic N) is 3. The lowest BCUT2D eigenvalue weighted by Gasteiger charge is -2.35. The summed E-state index contributed by atoms with van der Waals surface area (Å²) in [5, 5.41) is 9.40. The third-order valence-electron chi connectivity index (χ3n) is 4.91. The molecule has 2 heterocycles. The second-order valence-electron chi connectivity index (χ2n) is 6.69. The molecule has 1 aliphatic heterocycles. The predicted octanol–water partition coefficient (Wildman–Crippen LogP) is 3.73. The van der Waals surface area contributed by atoms with E-state index in [1.165, 1.54) is 36.8 Å². The van der Waals surface area contributed by atoms with E-state index in [9.17, 15) is 5.11 Å². The van der Waals surface area contributed by atoms with Crippen LogP contribution in [0.15, 0.2) is 36.7 Å². The molecule has 1 aromatic carbocycles. The van der Waals surface area contributed by atoms with Gasteiger partial charge in [0.05, 0.1) is 0 Å². The molecule has 1 fully saturated rings. The molecule has 1 aliphatic rings. The number of aromatic hydroxyl groups is 1. The topological polar surface area (TPSA) is 49.2 Å². The summed E-state index contributed by atoms with van der Waals surface area (Å²) in [6, 6.07) is 8.24. The highest BCUT2D eigenvalue weighted by molar-refractivity contribution is 5.26. The van der Waals surface area contributed by atoms with Crippen molar-refractivity contribution >= 4 is 0 Å². The summed E-state index contributed by atoms with van der Waals surface area (Å²) < 4.78 is 0. The number of phenolic OH excluding ortho intramolecular Hbond substituents is 1. The molecule has 0 spiro atoms. The monoisotopic (exact) mass is 325 g/mol. The molecular weight excluding hydrogens is 298 g/mol. The number of piperidine rings is 1. The van der Waals surface area contributed by atoms with Crippen molar-refractivity contribution in [2.24, 2.45) is 0 Å². The van der Waals surface area contributed by atoms with Crippen molar-refractivity contribution in [3.05, 3.63) is 53.6 Å². The van der Waals surface area contributed by atoms with Crippen LogP contribution in [0, 0.1) is 0 Å². The number of benzene rings is 1. The maximum absolute atomic E-state index is 9.40. The molecule has 0 aliphatic carbocycles. The van der Waals surface area contributed by atoms with Crippen molar-refractivity contribution in [3.63, 3.8) is 0 Å². The highest BCUT2D eigenvalue weighted by atomic mass is 16.3. The summed E-state index contributed by atoms with van der Waals surface area (Å²) in [6.07, 6.45) is 11.0. The van der Waals surface area contributed by atoms with Crippen molar-refractivity contribution < 1.29 is 5.11 Å². The van der Waals surface area contributed by atoms with Gasteiger partial charge in [-0.25, -0.2) is 9.97 Å². The van der Waals surface area contributed by atoms with Gasteiger partial charge in [0.2, 0.25) is 0 Å². The first-order valence-electron chi connectivity index (χ1n) is 9.06. The summed E-state index contributed by atoms with van der Waals surface area (Å²) in [7, 11) is 0. The van der Waals surface area contributed by atoms with Crippen LogP contribution in [-0.2, 0) is 19.4 Å². The van der Waals surface area contributed by atoms with Crippen LogP contribution in [-0.4, -0.2) is 32.6 Å². The van der Waals surface area contributed by atoms with Crippen LogP contribution in [0.4, 0.5) is 0 Å². The zero-order chi connectivity index (χ0) is 16.8. The second-order valence-corrected chi connectivity index (χ2v) is 6.69. The molecule has 1 unspecified atom stereocenters. The average molecular weight is 325 g/mol. The van der Waals surface area contributed by atoms with Gasteiger partial charge < -0.3 is 5.11 Å². The maximum atomic E-state index is 9.40. The van der Waals surface area contributed by atoms with Crippen molar-refractivity contribution in [2.75, 3.05) is 6.54 Å². The smallest absolute Gasteiger partial charge is 0.127 e. The summed E-state index contributed by atoms with van der Waals surface area (Å²) in [6.45, 7) is 4.19. The Hall–Kier alpha value is -1.94. The number of rotatable bonds is 6. The van der Waals surface area contributed by atoms with Crippen molar-refractivity contribution in [1.29, 1.82) is 0 Å². The molecular formula is C20H27N3O. The van der Waals surface area contributed by atoms with E-state index in [1.54, 1.807) is 12.1 Å². The molecule has 0 radical (unpaired) electrons. The van der Waals surface area contributed by atoms with Gasteiger partial charge in [-0.3, -0.25) is 4.90 Å². The van der Waals surface area contributed by atoms with Gasteiger partial charge in [-0.1, -0.05) is 25.5 Å². The van der Waals surface area contributed by atoms with Crippen LogP contribution in [0.5, 0.6) is 5.75 Å². The summed E-state index contributed by atoms with van der Waals surface area (Å²) in [4.78, 5) is 11.4. The number of aryl methyl sites for hydroxylation is 2. The first kappa shape index (κ1) is 16.9. The molecule has 4 heteroatoms. The van der Waals surface area contributed by atoms with Gasteiger partial charge in [0, 0.05) is 37.0 Å². The van der Waals surface area contributed by atoms with Crippen LogP contribution in [0.2, 0.25) is 0 Å². The lowest BCUT2D eigenvalue weighted by atomic mass is 9.95. The standard InChI is InChI=1S/C20H27N3O/c1-2-20-21-13-17(14-22-20)15-23-12-4-3-5-18(23)9-6-16-7-10-19(24)11-8-16/h7-8,10-11,13-14,18,24H,2-6,9,12,15H2,1H3. The Kier molecular flexibility index (Phi) is 5.81. The van der Waals surface area contributed by atoms with Gasteiger partial charge in [0.25, 0.3) is 0 Å². The number of hydrogen-bond donors (Lipinski definition) is 1. The highest BCUT2D eigenvalue weighted by Crippen LogP contribution is 2.23. The predicted molar refractivity (Wildman–Crippen MR) is 95.9 cm³/mol. The van der Waals surface area contributed by atoms with E-state index in [4.69, 9.17) is 0 Å². The number of phenols is 1. The van der Waals surface area contributed by atoms with E-state index in [-0.39, 0.29) is 0 Å². The van der Waals surface area contributed by atoms with Crippen LogP contribution < -0.4 is 0 Å². The summed E-state index contributed by atoms with van der Waals surface area (Å²) in [5.41, 5.74) is 2.51. The first-order valence-corrected chi connectivity index (χ1v) is 9.06. The zero-order valence-corrected chi connectivity index (χ0v) is 14.5. The lowest BCUT2D eigenvalue weighted by molar-refractivity contribution is 0.132. The van der Waals surface area contributed by atoms with Crippen molar-refractivity contribution in [3.8, 4) is 5.75 Å². The maximum Gasteiger partial charge on any atom is 0.127 e. The van der Waals surface area contributed by atoms with E-state index < -0.39 is 0 Å². The SMILES string of the molecule is CCc1ncc(CN2CCCCC2CCc2ccc(O)cc2)cn1. The molecule has 0 bridgehead atoms. The minimum Gasteiger partial charge on any atom is -0.508 e. The highest BCUT2D eigenvalue weighted by Gasteiger charge is 2.22. The number of hydrogen-bond acceptors (Lipinski definition) is 4. The van der Waals surface area contributed by atoms with Crippen LogP contribution in [0.25, 0.3) is 0 Å². The fourth-order valence-electron chi connectivity index (χ4n) is 3.47. The molecule has 24 heavy (non-hydrogen) atoms. The van der Waals surface area contributed by atoms with Gasteiger partial charge in [0.15, 0.2) is 0 Å². The Balaban J connectivity index is 1.58. The quantitative estimate of drug-likeness (QED) is 0.879. The molecule has 128 valence electrons. The largest absolute Gasteiger partial charge is 0.508 e. The van der Waals surface area contributed by atoms with E-state index >= 15 is 0 Å². The Labute approximate surface area is 144 Å². The minimum atomic E-state index is 0.341. The van der Waals surface area contributed by atoms with Crippen LogP contribution in [0.1, 0.15) is 49.6 Å². The third kappa shape index (κ3) is 4.54. The lowest BCUT2D eigenvalue weighted by Crippen LogP contribution is -2.39. The van der Waals surface area contributed by atoms with Gasteiger partial charge in [-0.15, -0.1) is 0 Å². The Morgan fingerprint density at radius 1 is 1.08 bits per heavy atom. The molecule has 0 amide bonds. The molecule has 1 N–H and O–H groups in total. The van der Waals surface area contributed by atoms with Gasteiger partial charge >= 0.3 is 0 Å². The van der Waals surface area contributed by atoms with E-state index in [2.05, 4.69) is 21.8 Å². The van der Waals surface area contributed by atoms with Gasteiger partial charge in [-0.2, -0.15) is 0 Å². The molecule has 3 rings (SSSR count). The third-order valence-corrected chi connectivity index (χ3v) is 4.91. The fraction of sp³-hybridized carbons (Fsp3) is 0.500. The Morgan fingerprint density at radius 3 is 2.54 bits per heavy atom. The summed E-state index contributed by atoms with van der Waals surface area (Å²) in [5.74, 6) is 1.26. The fourth-order valence-corrected chi connectivity index (χ4v) is 3.47. The van der Waals surface area contributed by atoms with Crippen molar-refractivity contribution in [2.45, 2.75) is 58.0 Å². The second kappa shape index (κ2) is 8.25. The number of likely N-dealkylation sites (tertiary alicyclic amines) is 1. The molecule has 0 saturated carbocycles. The summed E-state index contributed by atoms with van der Waals surface area (Å²) >= 11 is 0. The Bertz CT molecular complexity index is 624. The van der Waals surface area contributed by atoms with E-state index in [0.29, 0.717) is 11.8 Å². The molecule has 2 aromatic rings. The van der Waals surface area contributed by atoms with Gasteiger partial charge in [0.1, 0.15) is 11.6 Å².